The van der Waals surface area contributed by atoms with Crippen LogP contribution in [0.15, 0.2) is 90.1 Å². The van der Waals surface area contributed by atoms with Crippen molar-refractivity contribution in [3.8, 4) is 5.75 Å². The molecule has 7 rings (SSSR count). The Hall–Kier alpha value is -4.89. The number of ether oxygens (including phenoxy) is 1. The van der Waals surface area contributed by atoms with Crippen molar-refractivity contribution < 1.29 is 38.4 Å². The zero-order valence-electron chi connectivity index (χ0n) is 51.6. The molecule has 4 heterocycles. The average molecular weight is 1220 g/mol. The number of thioether (sulfide) groups is 1. The monoisotopic (exact) mass is 1220 g/mol. The van der Waals surface area contributed by atoms with E-state index in [1.165, 1.54) is 24.8 Å². The summed E-state index contributed by atoms with van der Waals surface area (Å²) in [5.41, 5.74) is 5.33. The number of aryl methyl sites for hydroxylation is 2. The number of carbonyl (C=O) groups is 5. The molecule has 19 heteroatoms. The van der Waals surface area contributed by atoms with Gasteiger partial charge in [0.25, 0.3) is 0 Å². The number of urea groups is 1. The maximum atomic E-state index is 13.2. The highest BCUT2D eigenvalue weighted by Gasteiger charge is 2.42. The van der Waals surface area contributed by atoms with Crippen molar-refractivity contribution in [2.75, 3.05) is 38.2 Å². The molecule has 0 unspecified atom stereocenters. The first-order valence-corrected chi connectivity index (χ1v) is 34.5. The van der Waals surface area contributed by atoms with Crippen LogP contribution in [0.1, 0.15) is 194 Å². The Labute approximate surface area is 519 Å². The minimum Gasteiger partial charge on any atom is -0.497 e. The highest BCUT2D eigenvalue weighted by molar-refractivity contribution is 8.76. The smallest absolute Gasteiger partial charge is 0.495 e. The zero-order chi connectivity index (χ0) is 61.0. The molecular weight excluding hydrogens is 1130 g/mol. The third kappa shape index (κ3) is 24.7. The van der Waals surface area contributed by atoms with Crippen LogP contribution >= 0.6 is 33.3 Å². The molecule has 464 valence electrons. The Kier molecular flexibility index (Phi) is 29.7. The molecule has 3 aliphatic rings. The van der Waals surface area contributed by atoms with Gasteiger partial charge in [0, 0.05) is 82.1 Å². The summed E-state index contributed by atoms with van der Waals surface area (Å²) in [6, 6.07) is 25.4. The molecule has 1 aromatic heterocycles. The van der Waals surface area contributed by atoms with E-state index in [0.29, 0.717) is 59.1 Å². The first-order chi connectivity index (χ1) is 40.9. The number of methoxy groups -OCH3 is 1. The normalized spacial score (nSPS) is 16.6. The van der Waals surface area contributed by atoms with Gasteiger partial charge >= 0.3 is 13.1 Å². The van der Waals surface area contributed by atoms with E-state index in [-0.39, 0.29) is 65.2 Å². The first kappa shape index (κ1) is 69.2. The summed E-state index contributed by atoms with van der Waals surface area (Å²) in [6.07, 6.45) is 19.4. The zero-order valence-corrected chi connectivity index (χ0v) is 54.1. The molecule has 3 aliphatic heterocycles. The number of rotatable bonds is 36. The molecule has 7 N–H and O–H groups in total. The third-order valence-corrected chi connectivity index (χ3v) is 19.1. The van der Waals surface area contributed by atoms with Crippen LogP contribution in [0.2, 0.25) is 0 Å². The maximum Gasteiger partial charge on any atom is 0.495 e. The molecular formula is C66H96BN7O8S3. The van der Waals surface area contributed by atoms with Crippen molar-refractivity contribution in [2.24, 2.45) is 0 Å². The number of aromatic nitrogens is 1. The molecule has 0 bridgehead atoms. The van der Waals surface area contributed by atoms with E-state index in [1.54, 1.807) is 17.9 Å². The minimum atomic E-state index is -1.09. The largest absolute Gasteiger partial charge is 0.497 e. The predicted octanol–water partition coefficient (Wildman–Crippen LogP) is 11.1. The number of hydrogen-bond donors (Lipinski definition) is 7. The number of benzene rings is 3. The molecule has 0 spiro atoms. The Morgan fingerprint density at radius 3 is 2.21 bits per heavy atom. The van der Waals surface area contributed by atoms with Gasteiger partial charge in [-0.15, -0.1) is 0 Å². The Morgan fingerprint density at radius 1 is 0.776 bits per heavy atom. The van der Waals surface area contributed by atoms with E-state index in [0.717, 1.165) is 124 Å². The molecule has 0 saturated carbocycles. The van der Waals surface area contributed by atoms with E-state index in [1.807, 2.05) is 108 Å². The second kappa shape index (κ2) is 36.4. The summed E-state index contributed by atoms with van der Waals surface area (Å²) < 4.78 is 11.2. The number of Topliss-reactive ketones (excluding diaryl/α,β-unsaturated/α-hetero) is 1. The number of carbonyl (C=O) groups excluding carboxylic acids is 5. The van der Waals surface area contributed by atoms with Crippen molar-refractivity contribution in [2.45, 2.75) is 210 Å². The maximum absolute atomic E-state index is 13.2. The van der Waals surface area contributed by atoms with E-state index < -0.39 is 7.12 Å². The van der Waals surface area contributed by atoms with Crippen molar-refractivity contribution in [1.29, 1.82) is 0 Å². The summed E-state index contributed by atoms with van der Waals surface area (Å²) in [6.45, 7) is 15.0. The first-order valence-electron chi connectivity index (χ1n) is 31.1. The van der Waals surface area contributed by atoms with Gasteiger partial charge in [0.1, 0.15) is 10.8 Å². The highest BCUT2D eigenvalue weighted by Crippen LogP contribution is 2.34. The van der Waals surface area contributed by atoms with Crippen molar-refractivity contribution in [1.82, 2.24) is 36.9 Å². The number of nitrogens with zero attached hydrogens (tertiary/aromatic N) is 1. The highest BCUT2D eigenvalue weighted by atomic mass is 33.1. The summed E-state index contributed by atoms with van der Waals surface area (Å²) >= 11 is 1.92. The number of unbranched alkanes of at least 4 members (excludes halogenated alkanes) is 8. The van der Waals surface area contributed by atoms with Crippen LogP contribution in [0.25, 0.3) is 0 Å². The molecule has 4 amide bonds. The molecule has 2 saturated heterocycles. The molecule has 85 heavy (non-hydrogen) atoms. The number of ketones is 2. The van der Waals surface area contributed by atoms with Crippen molar-refractivity contribution in [3.05, 3.63) is 118 Å². The van der Waals surface area contributed by atoms with Crippen LogP contribution in [0.4, 0.5) is 4.79 Å². The Bertz CT molecular complexity index is 2700. The topological polar surface area (TPSA) is 209 Å². The van der Waals surface area contributed by atoms with Gasteiger partial charge in [-0.1, -0.05) is 104 Å². The summed E-state index contributed by atoms with van der Waals surface area (Å²) in [4.78, 5) is 66.9. The van der Waals surface area contributed by atoms with Crippen LogP contribution in [-0.4, -0.2) is 119 Å². The fourth-order valence-electron chi connectivity index (χ4n) is 10.9. The van der Waals surface area contributed by atoms with E-state index in [4.69, 9.17) is 9.39 Å². The van der Waals surface area contributed by atoms with E-state index in [2.05, 4.69) is 78.4 Å². The minimum absolute atomic E-state index is 0.0111. The Balaban J connectivity index is 0.000000274. The predicted molar refractivity (Wildman–Crippen MR) is 350 cm³/mol. The molecule has 0 radical (unpaired) electrons. The van der Waals surface area contributed by atoms with Gasteiger partial charge in [-0.2, -0.15) is 11.8 Å². The lowest BCUT2D eigenvalue weighted by Crippen LogP contribution is -2.51. The molecule has 4 atom stereocenters. The third-order valence-electron chi connectivity index (χ3n) is 15.3. The summed E-state index contributed by atoms with van der Waals surface area (Å²) in [7, 11) is 4.13. The van der Waals surface area contributed by atoms with Gasteiger partial charge in [-0.3, -0.25) is 19.2 Å². The van der Waals surface area contributed by atoms with E-state index in [9.17, 15) is 29.0 Å². The molecule has 15 nitrogen and oxygen atoms in total. The van der Waals surface area contributed by atoms with Gasteiger partial charge in [0.05, 0.1) is 31.8 Å². The van der Waals surface area contributed by atoms with Gasteiger partial charge in [0.2, 0.25) is 11.8 Å². The molecule has 4 aromatic rings. The number of hydrogen-bond acceptors (Lipinski definition) is 14. The Morgan fingerprint density at radius 2 is 1.48 bits per heavy atom. The van der Waals surface area contributed by atoms with Crippen molar-refractivity contribution >= 4 is 75.3 Å². The second-order valence-corrected chi connectivity index (χ2v) is 28.3. The number of fused-ring (bicyclic) bond motifs is 2. The van der Waals surface area contributed by atoms with Gasteiger partial charge < -0.3 is 46.3 Å². The summed E-state index contributed by atoms with van der Waals surface area (Å²) in [5, 5.41) is 31.2. The average Bonchev–Trinajstić information content (AvgIpc) is 3.08. The van der Waals surface area contributed by atoms with E-state index >= 15 is 0 Å². The van der Waals surface area contributed by atoms with Gasteiger partial charge in [0.15, 0.2) is 11.6 Å². The molecule has 0 aliphatic carbocycles. The lowest BCUT2D eigenvalue weighted by molar-refractivity contribution is -0.124. The fourth-order valence-corrected chi connectivity index (χ4v) is 14.4. The number of amides is 4. The summed E-state index contributed by atoms with van der Waals surface area (Å²) in [5.74, 6) is 3.03. The van der Waals surface area contributed by atoms with Gasteiger partial charge in [-0.05, 0) is 171 Å². The van der Waals surface area contributed by atoms with Crippen LogP contribution < -0.4 is 42.1 Å². The lowest BCUT2D eigenvalue weighted by atomic mass is 9.75. The van der Waals surface area contributed by atoms with Crippen LogP contribution in [0.5, 0.6) is 5.75 Å². The van der Waals surface area contributed by atoms with Crippen LogP contribution in [-0.2, 0) is 33.7 Å². The lowest BCUT2D eigenvalue weighted by Gasteiger charge is -2.28. The van der Waals surface area contributed by atoms with Gasteiger partial charge in [-0.25, -0.2) is 9.78 Å². The number of nitrogens with one attached hydrogen (secondary N) is 6. The molecule has 2 fully saturated rings. The SMILES string of the molecule is CC(C)(C)N[C@@H](CCCCCCCSSc1ccccn1)C(=O)NCCCCCNC(=O)CCCC[C@@H]1SC[C@@H]2NC(=O)N[C@@H]21.COc1c(CCCCc2ccc(C(=O)c3ccccc3)cc2)cc(C(=O)CCCNC(C)(C)C)c2c1B(O)OC2. The fraction of sp³-hybridized carbons (Fsp3) is 0.576. The molecule has 3 aromatic carbocycles. The standard InChI is InChI=1S/C33H40BNO5.C33H56N6O3S3/c1-33(2,3)35-20-10-15-29(36)27-21-26(32(39-4)30-28(27)22-40-34(30)38)14-9-8-11-23-16-18-25(19-17-23)31(37)24-12-6-5-7-13-24;1-33(2,3)39-25(16-8-5-4-6-15-23-44-45-29-19-11-14-21-35-29)31(41)36-22-13-7-12-20-34-28(40)18-10-9-17-27-30-26(24-43-27)37-32(42)38-30/h5-7,12-13,16-19,21,35,38H,8-11,14-15,20,22H2,1-4H3;11,14,19,21,25-27,30,39H,4-10,12-13,15-18,20,22-24H2,1-3H3,(H,34,40)(H,36,41)(H2,37,38,42)/t;25-,26-,27-,30-/m.0/s1. The second-order valence-electron chi connectivity index (χ2n) is 24.6. The number of pyridine rings is 1. The quantitative estimate of drug-likeness (QED) is 0.00743. The van der Waals surface area contributed by atoms with Crippen LogP contribution in [0, 0.1) is 0 Å². The van der Waals surface area contributed by atoms with Crippen LogP contribution in [0.3, 0.4) is 0 Å². The van der Waals surface area contributed by atoms with Crippen molar-refractivity contribution in [3.63, 3.8) is 0 Å².